The molecule has 35 heavy (non-hydrogen) atoms. The Hall–Kier alpha value is -2.33. The van der Waals surface area contributed by atoms with Crippen molar-refractivity contribution in [2.45, 2.75) is 82.6 Å². The fraction of sp³-hybridized carbons (Fsp3) is 0.519. The third kappa shape index (κ3) is 5.43. The van der Waals surface area contributed by atoms with Gasteiger partial charge in [-0.1, -0.05) is 60.7 Å². The summed E-state index contributed by atoms with van der Waals surface area (Å²) in [6.45, 7) is 8.15. The van der Waals surface area contributed by atoms with E-state index in [2.05, 4.69) is 5.32 Å². The molecule has 8 heteroatoms. The van der Waals surface area contributed by atoms with Crippen LogP contribution in [0.15, 0.2) is 60.7 Å². The summed E-state index contributed by atoms with van der Waals surface area (Å²) in [4.78, 5) is 13.6. The molecule has 3 saturated heterocycles. The SMILES string of the molecule is CC1(C)O[C@H]2O[C@H]([C@H]3COC(C)(C)O3)[C@H](OC(=O)[C@@H](NCc3ccccc3)c3ccccc3)[C@H]2O1. The van der Waals surface area contributed by atoms with E-state index in [-0.39, 0.29) is 0 Å². The van der Waals surface area contributed by atoms with Crippen LogP contribution in [0.5, 0.6) is 0 Å². The lowest BCUT2D eigenvalue weighted by atomic mass is 10.0. The minimum Gasteiger partial charge on any atom is -0.455 e. The Morgan fingerprint density at radius 1 is 0.943 bits per heavy atom. The first kappa shape index (κ1) is 24.4. The van der Waals surface area contributed by atoms with Gasteiger partial charge in [-0.25, -0.2) is 4.79 Å². The molecule has 8 nitrogen and oxygen atoms in total. The number of hydrogen-bond donors (Lipinski definition) is 1. The molecule has 2 aromatic carbocycles. The van der Waals surface area contributed by atoms with Gasteiger partial charge in [-0.05, 0) is 38.8 Å². The van der Waals surface area contributed by atoms with Crippen LogP contribution in [0.25, 0.3) is 0 Å². The number of esters is 1. The molecule has 1 N–H and O–H groups in total. The molecule has 0 amide bonds. The third-order valence-electron chi connectivity index (χ3n) is 6.40. The van der Waals surface area contributed by atoms with Crippen LogP contribution in [0.2, 0.25) is 0 Å². The van der Waals surface area contributed by atoms with E-state index in [1.165, 1.54) is 0 Å². The Bertz CT molecular complexity index is 1010. The predicted octanol–water partition coefficient (Wildman–Crippen LogP) is 3.46. The lowest BCUT2D eigenvalue weighted by molar-refractivity contribution is -0.235. The van der Waals surface area contributed by atoms with E-state index < -0.39 is 54.3 Å². The Kier molecular flexibility index (Phi) is 6.69. The molecule has 0 spiro atoms. The second-order valence-corrected chi connectivity index (χ2v) is 10.0. The lowest BCUT2D eigenvalue weighted by Gasteiger charge is -2.30. The lowest BCUT2D eigenvalue weighted by Crippen LogP contribution is -2.46. The van der Waals surface area contributed by atoms with Gasteiger partial charge in [0.05, 0.1) is 6.61 Å². The summed E-state index contributed by atoms with van der Waals surface area (Å²) in [5.41, 5.74) is 1.88. The van der Waals surface area contributed by atoms with Gasteiger partial charge in [0.1, 0.15) is 18.2 Å². The topological polar surface area (TPSA) is 84.5 Å². The number of nitrogens with one attached hydrogen (secondary N) is 1. The van der Waals surface area contributed by atoms with Crippen molar-refractivity contribution in [3.8, 4) is 0 Å². The van der Waals surface area contributed by atoms with Crippen LogP contribution in [0.1, 0.15) is 44.9 Å². The Labute approximate surface area is 205 Å². The van der Waals surface area contributed by atoms with Gasteiger partial charge in [0.15, 0.2) is 30.1 Å². The molecule has 0 radical (unpaired) electrons. The first-order chi connectivity index (χ1) is 16.7. The highest BCUT2D eigenvalue weighted by molar-refractivity contribution is 5.78. The largest absolute Gasteiger partial charge is 0.455 e. The zero-order chi connectivity index (χ0) is 24.6. The van der Waals surface area contributed by atoms with Crippen molar-refractivity contribution in [2.75, 3.05) is 6.61 Å². The Balaban J connectivity index is 1.37. The summed E-state index contributed by atoms with van der Waals surface area (Å²) in [6, 6.07) is 18.8. The number of rotatable bonds is 7. The summed E-state index contributed by atoms with van der Waals surface area (Å²) in [5.74, 6) is -2.01. The van der Waals surface area contributed by atoms with Gasteiger partial charge in [0, 0.05) is 6.54 Å². The molecular weight excluding hydrogens is 450 g/mol. The van der Waals surface area contributed by atoms with Gasteiger partial charge in [-0.3, -0.25) is 5.32 Å². The molecule has 5 rings (SSSR count). The van der Waals surface area contributed by atoms with Gasteiger partial charge in [0.2, 0.25) is 0 Å². The van der Waals surface area contributed by atoms with E-state index >= 15 is 0 Å². The molecule has 6 atom stereocenters. The van der Waals surface area contributed by atoms with Crippen molar-refractivity contribution in [1.29, 1.82) is 0 Å². The predicted molar refractivity (Wildman–Crippen MR) is 126 cm³/mol. The molecule has 0 aliphatic carbocycles. The van der Waals surface area contributed by atoms with Crippen molar-refractivity contribution in [1.82, 2.24) is 5.32 Å². The summed E-state index contributed by atoms with van der Waals surface area (Å²) in [5, 5.41) is 3.36. The molecule has 3 aliphatic rings. The first-order valence-corrected chi connectivity index (χ1v) is 12.1. The summed E-state index contributed by atoms with van der Waals surface area (Å²) >= 11 is 0. The summed E-state index contributed by atoms with van der Waals surface area (Å²) in [7, 11) is 0. The van der Waals surface area contributed by atoms with Crippen LogP contribution in [0, 0.1) is 0 Å². The number of ether oxygens (including phenoxy) is 6. The molecule has 0 unspecified atom stereocenters. The van der Waals surface area contributed by atoms with Crippen molar-refractivity contribution in [2.24, 2.45) is 0 Å². The summed E-state index contributed by atoms with van der Waals surface area (Å²) in [6.07, 6.45) is -2.96. The number of fused-ring (bicyclic) bond motifs is 1. The average Bonchev–Trinajstić information content (AvgIpc) is 3.44. The smallest absolute Gasteiger partial charge is 0.328 e. The van der Waals surface area contributed by atoms with E-state index in [1.807, 2.05) is 88.4 Å². The van der Waals surface area contributed by atoms with E-state index in [4.69, 9.17) is 28.4 Å². The maximum absolute atomic E-state index is 13.6. The molecule has 188 valence electrons. The van der Waals surface area contributed by atoms with E-state index in [0.717, 1.165) is 11.1 Å². The van der Waals surface area contributed by atoms with Crippen LogP contribution < -0.4 is 5.32 Å². The molecule has 2 aromatic rings. The third-order valence-corrected chi connectivity index (χ3v) is 6.40. The van der Waals surface area contributed by atoms with Gasteiger partial charge in [-0.15, -0.1) is 0 Å². The van der Waals surface area contributed by atoms with Gasteiger partial charge < -0.3 is 28.4 Å². The highest BCUT2D eigenvalue weighted by Crippen LogP contribution is 2.42. The molecule has 3 heterocycles. The van der Waals surface area contributed by atoms with Crippen LogP contribution in [-0.2, 0) is 39.8 Å². The van der Waals surface area contributed by atoms with Crippen LogP contribution in [-0.4, -0.2) is 54.9 Å². The summed E-state index contributed by atoms with van der Waals surface area (Å²) < 4.78 is 36.2. The molecule has 0 bridgehead atoms. The number of carbonyl (C=O) groups is 1. The fourth-order valence-corrected chi connectivity index (χ4v) is 4.82. The van der Waals surface area contributed by atoms with Gasteiger partial charge in [-0.2, -0.15) is 0 Å². The van der Waals surface area contributed by atoms with E-state index in [0.29, 0.717) is 13.2 Å². The Morgan fingerprint density at radius 3 is 2.29 bits per heavy atom. The molecule has 3 aliphatic heterocycles. The standard InChI is InChI=1S/C27H33NO7/c1-26(2)30-16-19(33-26)21-22(23-25(32-21)35-27(3,4)34-23)31-24(29)20(18-13-9-6-10-14-18)28-15-17-11-7-5-8-12-17/h5-14,19-23,25,28H,15-16H2,1-4H3/t19-,20+,21-,22+,23-,25-/m1/s1. The maximum Gasteiger partial charge on any atom is 0.328 e. The van der Waals surface area contributed by atoms with Crippen molar-refractivity contribution in [3.05, 3.63) is 71.8 Å². The monoisotopic (exact) mass is 483 g/mol. The Morgan fingerprint density at radius 2 is 1.63 bits per heavy atom. The van der Waals surface area contributed by atoms with E-state index in [9.17, 15) is 4.79 Å². The highest BCUT2D eigenvalue weighted by atomic mass is 16.8. The second kappa shape index (κ2) is 9.61. The normalized spacial score (nSPS) is 31.7. The number of carbonyl (C=O) groups excluding carboxylic acids is 1. The average molecular weight is 484 g/mol. The number of benzene rings is 2. The maximum atomic E-state index is 13.6. The van der Waals surface area contributed by atoms with Crippen LogP contribution >= 0.6 is 0 Å². The van der Waals surface area contributed by atoms with Crippen molar-refractivity contribution >= 4 is 5.97 Å². The molecule has 0 aromatic heterocycles. The number of hydrogen-bond acceptors (Lipinski definition) is 8. The second-order valence-electron chi connectivity index (χ2n) is 10.0. The fourth-order valence-electron chi connectivity index (χ4n) is 4.82. The molecule has 3 fully saturated rings. The zero-order valence-electron chi connectivity index (χ0n) is 20.5. The zero-order valence-corrected chi connectivity index (χ0v) is 20.5. The van der Waals surface area contributed by atoms with E-state index in [1.54, 1.807) is 0 Å². The highest BCUT2D eigenvalue weighted by Gasteiger charge is 2.60. The minimum atomic E-state index is -0.846. The minimum absolute atomic E-state index is 0.322. The van der Waals surface area contributed by atoms with Gasteiger partial charge in [0.25, 0.3) is 0 Å². The quantitative estimate of drug-likeness (QED) is 0.600. The van der Waals surface area contributed by atoms with Crippen molar-refractivity contribution in [3.63, 3.8) is 0 Å². The van der Waals surface area contributed by atoms with Crippen molar-refractivity contribution < 1.29 is 33.2 Å². The van der Waals surface area contributed by atoms with Gasteiger partial charge >= 0.3 is 5.97 Å². The van der Waals surface area contributed by atoms with Crippen LogP contribution in [0.3, 0.4) is 0 Å². The molecular formula is C27H33NO7. The molecule has 0 saturated carbocycles. The van der Waals surface area contributed by atoms with Crippen LogP contribution in [0.4, 0.5) is 0 Å². The first-order valence-electron chi connectivity index (χ1n) is 12.1.